The third-order valence-corrected chi connectivity index (χ3v) is 3.00. The fourth-order valence-corrected chi connectivity index (χ4v) is 1.90. The van der Waals surface area contributed by atoms with Gasteiger partial charge in [-0.05, 0) is 11.6 Å². The molecule has 1 amide bonds. The molecular formula is C15H17N3O2. The minimum atomic E-state index is -0.344. The number of nitrogens with one attached hydrogen (secondary N) is 1. The second-order valence-electron chi connectivity index (χ2n) is 4.64. The lowest BCUT2D eigenvalue weighted by molar-refractivity contribution is -0.116. The first-order valence-electron chi connectivity index (χ1n) is 6.33. The molecule has 0 aliphatic heterocycles. The number of aromatic nitrogens is 1. The van der Waals surface area contributed by atoms with Crippen molar-refractivity contribution in [1.29, 1.82) is 0 Å². The zero-order chi connectivity index (χ0) is 14.5. The molecule has 3 N–H and O–H groups in total. The van der Waals surface area contributed by atoms with Crippen LogP contribution in [-0.4, -0.2) is 10.5 Å². The van der Waals surface area contributed by atoms with Crippen molar-refractivity contribution in [3.05, 3.63) is 64.6 Å². The molecule has 0 radical (unpaired) electrons. The van der Waals surface area contributed by atoms with Gasteiger partial charge in [-0.15, -0.1) is 0 Å². The van der Waals surface area contributed by atoms with Crippen LogP contribution in [0.4, 0.5) is 5.69 Å². The van der Waals surface area contributed by atoms with E-state index in [1.54, 1.807) is 19.3 Å². The highest BCUT2D eigenvalue weighted by molar-refractivity contribution is 5.90. The summed E-state index contributed by atoms with van der Waals surface area (Å²) in [5.74, 6) is -0.181. The van der Waals surface area contributed by atoms with Crippen molar-refractivity contribution >= 4 is 11.6 Å². The molecule has 20 heavy (non-hydrogen) atoms. The molecule has 1 atom stereocenters. The van der Waals surface area contributed by atoms with Gasteiger partial charge in [-0.25, -0.2) is 0 Å². The summed E-state index contributed by atoms with van der Waals surface area (Å²) in [4.78, 5) is 23.2. The summed E-state index contributed by atoms with van der Waals surface area (Å²) in [7, 11) is 1.63. The van der Waals surface area contributed by atoms with E-state index in [1.807, 2.05) is 30.3 Å². The average molecular weight is 271 g/mol. The van der Waals surface area contributed by atoms with Crippen LogP contribution >= 0.6 is 0 Å². The fourth-order valence-electron chi connectivity index (χ4n) is 1.90. The van der Waals surface area contributed by atoms with Gasteiger partial charge in [0.15, 0.2) is 0 Å². The summed E-state index contributed by atoms with van der Waals surface area (Å²) in [5, 5.41) is 2.73. The maximum Gasteiger partial charge on any atom is 0.250 e. The number of nitrogens with zero attached hydrogens (tertiary/aromatic N) is 1. The first-order chi connectivity index (χ1) is 9.56. The number of amides is 1. The lowest BCUT2D eigenvalue weighted by atomic mass is 10.0. The maximum atomic E-state index is 11.9. The number of benzene rings is 1. The molecule has 5 heteroatoms. The van der Waals surface area contributed by atoms with Crippen molar-refractivity contribution in [3.63, 3.8) is 0 Å². The predicted octanol–water partition coefficient (Wildman–Crippen LogP) is 1.41. The minimum Gasteiger partial charge on any atom is -0.325 e. The topological polar surface area (TPSA) is 77.1 Å². The molecule has 2 rings (SSSR count). The molecule has 0 bridgehead atoms. The van der Waals surface area contributed by atoms with E-state index in [2.05, 4.69) is 5.32 Å². The van der Waals surface area contributed by atoms with E-state index in [-0.39, 0.29) is 23.9 Å². The number of anilines is 1. The number of hydrogen-bond donors (Lipinski definition) is 2. The van der Waals surface area contributed by atoms with Gasteiger partial charge in [0.05, 0.1) is 5.69 Å². The highest BCUT2D eigenvalue weighted by atomic mass is 16.1. The van der Waals surface area contributed by atoms with Crippen molar-refractivity contribution in [2.45, 2.75) is 12.5 Å². The predicted molar refractivity (Wildman–Crippen MR) is 78.3 cm³/mol. The SMILES string of the molecule is Cn1cc(NC(=O)CC(N)c2ccccc2)ccc1=O. The molecule has 0 saturated carbocycles. The Kier molecular flexibility index (Phi) is 4.32. The van der Waals surface area contributed by atoms with Gasteiger partial charge in [-0.1, -0.05) is 30.3 Å². The molecule has 5 nitrogen and oxygen atoms in total. The maximum absolute atomic E-state index is 11.9. The van der Waals surface area contributed by atoms with Crippen LogP contribution in [0, 0.1) is 0 Å². The monoisotopic (exact) mass is 271 g/mol. The van der Waals surface area contributed by atoms with Crippen LogP contribution in [0.25, 0.3) is 0 Å². The van der Waals surface area contributed by atoms with E-state index in [1.165, 1.54) is 10.6 Å². The summed E-state index contributed by atoms with van der Waals surface area (Å²) in [6.45, 7) is 0. The third-order valence-electron chi connectivity index (χ3n) is 3.00. The molecule has 0 spiro atoms. The lowest BCUT2D eigenvalue weighted by Crippen LogP contribution is -2.22. The molecule has 1 unspecified atom stereocenters. The Hall–Kier alpha value is -2.40. The standard InChI is InChI=1S/C15H17N3O2/c1-18-10-12(7-8-15(18)20)17-14(19)9-13(16)11-5-3-2-4-6-11/h2-8,10,13H,9,16H2,1H3,(H,17,19). The number of hydrogen-bond acceptors (Lipinski definition) is 3. The van der Waals surface area contributed by atoms with Crippen LogP contribution < -0.4 is 16.6 Å². The van der Waals surface area contributed by atoms with Gasteiger partial charge < -0.3 is 15.6 Å². The second-order valence-corrected chi connectivity index (χ2v) is 4.64. The van der Waals surface area contributed by atoms with E-state index in [9.17, 15) is 9.59 Å². The molecule has 0 saturated heterocycles. The van der Waals surface area contributed by atoms with Crippen LogP contribution in [0.15, 0.2) is 53.5 Å². The Morgan fingerprint density at radius 2 is 1.95 bits per heavy atom. The number of pyridine rings is 1. The largest absolute Gasteiger partial charge is 0.325 e. The zero-order valence-electron chi connectivity index (χ0n) is 11.2. The van der Waals surface area contributed by atoms with E-state index < -0.39 is 0 Å². The number of nitrogens with two attached hydrogens (primary N) is 1. The first kappa shape index (κ1) is 14.0. The highest BCUT2D eigenvalue weighted by Crippen LogP contribution is 2.14. The van der Waals surface area contributed by atoms with Crippen molar-refractivity contribution in [1.82, 2.24) is 4.57 Å². The Morgan fingerprint density at radius 1 is 1.25 bits per heavy atom. The Labute approximate surface area is 117 Å². The van der Waals surface area contributed by atoms with Gasteiger partial charge in [-0.2, -0.15) is 0 Å². The van der Waals surface area contributed by atoms with E-state index in [0.717, 1.165) is 5.56 Å². The van der Waals surface area contributed by atoms with Gasteiger partial charge in [0.25, 0.3) is 0 Å². The average Bonchev–Trinajstić information content (AvgIpc) is 2.44. The lowest BCUT2D eigenvalue weighted by Gasteiger charge is -2.12. The van der Waals surface area contributed by atoms with Crippen LogP contribution in [0.3, 0.4) is 0 Å². The third kappa shape index (κ3) is 3.55. The van der Waals surface area contributed by atoms with Crippen LogP contribution in [0.5, 0.6) is 0 Å². The molecule has 0 fully saturated rings. The molecule has 0 aliphatic carbocycles. The smallest absolute Gasteiger partial charge is 0.250 e. The second kappa shape index (κ2) is 6.16. The summed E-state index contributed by atoms with van der Waals surface area (Å²) < 4.78 is 1.41. The number of rotatable bonds is 4. The van der Waals surface area contributed by atoms with Crippen LogP contribution in [0.2, 0.25) is 0 Å². The molecule has 1 aromatic carbocycles. The summed E-state index contributed by atoms with van der Waals surface area (Å²) in [6.07, 6.45) is 1.77. The highest BCUT2D eigenvalue weighted by Gasteiger charge is 2.11. The fraction of sp³-hybridized carbons (Fsp3) is 0.200. The number of carbonyl (C=O) groups excluding carboxylic acids is 1. The number of aryl methyl sites for hydroxylation is 1. The van der Waals surface area contributed by atoms with E-state index in [0.29, 0.717) is 5.69 Å². The molecule has 0 aliphatic rings. The van der Waals surface area contributed by atoms with Gasteiger partial charge in [0.1, 0.15) is 0 Å². The zero-order valence-corrected chi connectivity index (χ0v) is 11.2. The summed E-state index contributed by atoms with van der Waals surface area (Å²) >= 11 is 0. The van der Waals surface area contributed by atoms with Crippen molar-refractivity contribution in [3.8, 4) is 0 Å². The Morgan fingerprint density at radius 3 is 2.60 bits per heavy atom. The Bertz CT molecular complexity index is 650. The van der Waals surface area contributed by atoms with Gasteiger partial charge in [0, 0.05) is 31.8 Å². The molecular weight excluding hydrogens is 254 g/mol. The van der Waals surface area contributed by atoms with E-state index >= 15 is 0 Å². The first-order valence-corrected chi connectivity index (χ1v) is 6.33. The van der Waals surface area contributed by atoms with Crippen molar-refractivity contribution in [2.75, 3.05) is 5.32 Å². The molecule has 1 heterocycles. The van der Waals surface area contributed by atoms with Crippen molar-refractivity contribution < 1.29 is 4.79 Å². The van der Waals surface area contributed by atoms with Crippen LogP contribution in [0.1, 0.15) is 18.0 Å². The Balaban J connectivity index is 1.99. The summed E-state index contributed by atoms with van der Waals surface area (Å²) in [5.41, 5.74) is 7.37. The normalized spacial score (nSPS) is 11.9. The van der Waals surface area contributed by atoms with Crippen LogP contribution in [-0.2, 0) is 11.8 Å². The molecule has 2 aromatic rings. The minimum absolute atomic E-state index is 0.121. The number of carbonyl (C=O) groups is 1. The van der Waals surface area contributed by atoms with Gasteiger partial charge >= 0.3 is 0 Å². The summed E-state index contributed by atoms with van der Waals surface area (Å²) in [6, 6.07) is 12.1. The van der Waals surface area contributed by atoms with E-state index in [4.69, 9.17) is 5.73 Å². The molecule has 1 aromatic heterocycles. The quantitative estimate of drug-likeness (QED) is 0.882. The molecule has 104 valence electrons. The van der Waals surface area contributed by atoms with Gasteiger partial charge in [-0.3, -0.25) is 9.59 Å². The van der Waals surface area contributed by atoms with Crippen molar-refractivity contribution in [2.24, 2.45) is 12.8 Å². The van der Waals surface area contributed by atoms with Gasteiger partial charge in [0.2, 0.25) is 11.5 Å².